The molecule has 1 aliphatic heterocycles. The molecule has 0 bridgehead atoms. The maximum atomic E-state index is 14.2. The molecule has 2 saturated carbocycles. The third kappa shape index (κ3) is 7.77. The number of alkyl carbamates (subject to hydrolysis) is 1. The van der Waals surface area contributed by atoms with Gasteiger partial charge in [-0.3, -0.25) is 19.2 Å². The van der Waals surface area contributed by atoms with Crippen molar-refractivity contribution in [1.29, 1.82) is 0 Å². The molecule has 3 N–H and O–H groups in total. The van der Waals surface area contributed by atoms with E-state index in [0.29, 0.717) is 13.0 Å². The molecule has 0 aromatic heterocycles. The van der Waals surface area contributed by atoms with E-state index in [0.717, 1.165) is 32.1 Å². The fourth-order valence-electron chi connectivity index (χ4n) is 6.50. The summed E-state index contributed by atoms with van der Waals surface area (Å²) in [5, 5.41) is 8.11. The van der Waals surface area contributed by atoms with Crippen LogP contribution in [0.15, 0.2) is 25.3 Å². The fourth-order valence-corrected chi connectivity index (χ4v) is 6.50. The third-order valence-corrected chi connectivity index (χ3v) is 8.74. The van der Waals surface area contributed by atoms with E-state index < -0.39 is 47.4 Å². The predicted octanol–water partition coefficient (Wildman–Crippen LogP) is 3.27. The second-order valence-corrected chi connectivity index (χ2v) is 13.2. The van der Waals surface area contributed by atoms with Crippen LogP contribution in [0.3, 0.4) is 0 Å². The van der Waals surface area contributed by atoms with Crippen molar-refractivity contribution in [2.45, 2.75) is 103 Å². The number of hydrogen-bond acceptors (Lipinski definition) is 6. The summed E-state index contributed by atoms with van der Waals surface area (Å²) in [6.07, 6.45) is 7.66. The summed E-state index contributed by atoms with van der Waals surface area (Å²) >= 11 is 0. The molecule has 2 aliphatic carbocycles. The molecule has 5 atom stereocenters. The SMILES string of the molecule is C=CCC[C@H](NC(=O)C1C2C(CN1C(=O)C(NC(=O)OC(C)(C)C)C1CCCCC1)C2(C)C)C(=O)C(=O)NCC=C. The van der Waals surface area contributed by atoms with Gasteiger partial charge < -0.3 is 25.6 Å². The molecule has 228 valence electrons. The Morgan fingerprint density at radius 2 is 1.68 bits per heavy atom. The van der Waals surface area contributed by atoms with Gasteiger partial charge in [0, 0.05) is 13.1 Å². The molecular weight excluding hydrogens is 524 g/mol. The first-order valence-electron chi connectivity index (χ1n) is 14.9. The van der Waals surface area contributed by atoms with Gasteiger partial charge in [-0.25, -0.2) is 4.79 Å². The summed E-state index contributed by atoms with van der Waals surface area (Å²) < 4.78 is 5.49. The standard InChI is InChI=1S/C31H48N4O6/c1-8-10-16-21(25(36)27(38)32-17-9-2)33-26(37)24-22-20(31(22,6)7)18-35(24)28(39)23(19-14-12-11-13-15-19)34-29(40)41-30(3,4)5/h8-9,19-24H,1-2,10-18H2,3-7H3,(H,32,38)(H,33,37)(H,34,40)/t20?,21-,22?,23?,24?/m0/s1. The average Bonchev–Trinajstić information content (AvgIpc) is 3.23. The van der Waals surface area contributed by atoms with Crippen molar-refractivity contribution in [3.63, 3.8) is 0 Å². The molecule has 3 aliphatic rings. The van der Waals surface area contributed by atoms with Gasteiger partial charge >= 0.3 is 6.09 Å². The fraction of sp³-hybridized carbons (Fsp3) is 0.710. The number of hydrogen-bond donors (Lipinski definition) is 3. The Morgan fingerprint density at radius 1 is 1.02 bits per heavy atom. The Morgan fingerprint density at radius 3 is 2.27 bits per heavy atom. The highest BCUT2D eigenvalue weighted by Gasteiger charge is 2.69. The minimum atomic E-state index is -1.06. The van der Waals surface area contributed by atoms with Gasteiger partial charge in [0.05, 0.1) is 6.04 Å². The zero-order chi connectivity index (χ0) is 30.5. The highest BCUT2D eigenvalue weighted by Crippen LogP contribution is 2.65. The molecule has 4 amide bonds. The maximum Gasteiger partial charge on any atom is 0.408 e. The van der Waals surface area contributed by atoms with Crippen molar-refractivity contribution in [2.75, 3.05) is 13.1 Å². The number of carbonyl (C=O) groups is 5. The van der Waals surface area contributed by atoms with Crippen LogP contribution in [0, 0.1) is 23.2 Å². The summed E-state index contributed by atoms with van der Waals surface area (Å²) in [4.78, 5) is 67.8. The van der Waals surface area contributed by atoms with Crippen LogP contribution in [0.4, 0.5) is 4.79 Å². The lowest BCUT2D eigenvalue weighted by atomic mass is 9.83. The molecule has 3 fully saturated rings. The number of likely N-dealkylation sites (tertiary alicyclic amines) is 1. The van der Waals surface area contributed by atoms with E-state index in [4.69, 9.17) is 4.74 Å². The molecular formula is C31H48N4O6. The Balaban J connectivity index is 1.85. The van der Waals surface area contributed by atoms with Crippen LogP contribution in [-0.4, -0.2) is 71.3 Å². The van der Waals surface area contributed by atoms with Gasteiger partial charge in [0.1, 0.15) is 17.7 Å². The van der Waals surface area contributed by atoms with Crippen LogP contribution >= 0.6 is 0 Å². The molecule has 1 heterocycles. The Kier molecular flexibility index (Phi) is 10.4. The molecule has 0 radical (unpaired) electrons. The van der Waals surface area contributed by atoms with Gasteiger partial charge in [-0.05, 0) is 69.6 Å². The Bertz CT molecular complexity index is 1040. The van der Waals surface area contributed by atoms with E-state index in [1.165, 1.54) is 6.08 Å². The van der Waals surface area contributed by atoms with E-state index >= 15 is 0 Å². The van der Waals surface area contributed by atoms with Crippen LogP contribution in [0.1, 0.15) is 79.6 Å². The normalized spacial score (nSPS) is 24.7. The molecule has 0 aromatic rings. The number of Topliss-reactive ketones (excluding diaryl/α,β-unsaturated/α-hetero) is 1. The largest absolute Gasteiger partial charge is 0.444 e. The number of carbonyl (C=O) groups excluding carboxylic acids is 5. The van der Waals surface area contributed by atoms with Gasteiger partial charge in [0.2, 0.25) is 17.6 Å². The molecule has 41 heavy (non-hydrogen) atoms. The lowest BCUT2D eigenvalue weighted by Gasteiger charge is -2.37. The maximum absolute atomic E-state index is 14.2. The van der Waals surface area contributed by atoms with Crippen LogP contribution in [-0.2, 0) is 23.9 Å². The van der Waals surface area contributed by atoms with Crippen molar-refractivity contribution in [1.82, 2.24) is 20.9 Å². The van der Waals surface area contributed by atoms with E-state index in [1.54, 1.807) is 31.7 Å². The van der Waals surface area contributed by atoms with Crippen LogP contribution in [0.5, 0.6) is 0 Å². The van der Waals surface area contributed by atoms with Crippen LogP contribution in [0.25, 0.3) is 0 Å². The van der Waals surface area contributed by atoms with Crippen LogP contribution in [0.2, 0.25) is 0 Å². The molecule has 0 aromatic carbocycles. The number of amides is 4. The van der Waals surface area contributed by atoms with Crippen molar-refractivity contribution < 1.29 is 28.7 Å². The number of nitrogens with zero attached hydrogens (tertiary/aromatic N) is 1. The number of nitrogens with one attached hydrogen (secondary N) is 3. The minimum Gasteiger partial charge on any atom is -0.444 e. The Labute approximate surface area is 244 Å². The molecule has 10 nitrogen and oxygen atoms in total. The second kappa shape index (κ2) is 13.2. The molecule has 0 spiro atoms. The zero-order valence-electron chi connectivity index (χ0n) is 25.3. The molecule has 4 unspecified atom stereocenters. The zero-order valence-corrected chi connectivity index (χ0v) is 25.3. The van der Waals surface area contributed by atoms with Gasteiger partial charge in [-0.1, -0.05) is 45.3 Å². The highest BCUT2D eigenvalue weighted by molar-refractivity contribution is 6.38. The van der Waals surface area contributed by atoms with Gasteiger partial charge in [0.25, 0.3) is 5.91 Å². The summed E-state index contributed by atoms with van der Waals surface area (Å²) in [5.74, 6) is -2.36. The smallest absolute Gasteiger partial charge is 0.408 e. The van der Waals surface area contributed by atoms with Crippen molar-refractivity contribution in [3.8, 4) is 0 Å². The number of piperidine rings is 1. The van der Waals surface area contributed by atoms with Gasteiger partial charge in [-0.2, -0.15) is 0 Å². The highest BCUT2D eigenvalue weighted by atomic mass is 16.6. The quantitative estimate of drug-likeness (QED) is 0.243. The lowest BCUT2D eigenvalue weighted by Crippen LogP contribution is -2.59. The summed E-state index contributed by atoms with van der Waals surface area (Å²) in [6.45, 7) is 17.2. The molecule has 1 saturated heterocycles. The first-order chi connectivity index (χ1) is 19.2. The monoisotopic (exact) mass is 572 g/mol. The van der Waals surface area contributed by atoms with Crippen molar-refractivity contribution >= 4 is 29.6 Å². The van der Waals surface area contributed by atoms with Crippen LogP contribution < -0.4 is 16.0 Å². The average molecular weight is 573 g/mol. The lowest BCUT2D eigenvalue weighted by molar-refractivity contribution is -0.145. The minimum absolute atomic E-state index is 0.0621. The van der Waals surface area contributed by atoms with Gasteiger partial charge in [-0.15, -0.1) is 13.2 Å². The first-order valence-corrected chi connectivity index (χ1v) is 14.9. The number of allylic oxidation sites excluding steroid dienone is 1. The van der Waals surface area contributed by atoms with E-state index in [2.05, 4.69) is 43.0 Å². The second-order valence-electron chi connectivity index (χ2n) is 13.2. The number of ketones is 1. The summed E-state index contributed by atoms with van der Waals surface area (Å²) in [6, 6.07) is -2.69. The summed E-state index contributed by atoms with van der Waals surface area (Å²) in [5.41, 5.74) is -0.878. The Hall–Kier alpha value is -3.17. The molecule has 3 rings (SSSR count). The van der Waals surface area contributed by atoms with E-state index in [-0.39, 0.29) is 42.0 Å². The van der Waals surface area contributed by atoms with E-state index in [1.807, 2.05) is 0 Å². The van der Waals surface area contributed by atoms with Gasteiger partial charge in [0.15, 0.2) is 0 Å². The topological polar surface area (TPSA) is 134 Å². The predicted molar refractivity (Wildman–Crippen MR) is 156 cm³/mol. The first kappa shape index (κ1) is 32.3. The molecule has 10 heteroatoms. The number of rotatable bonds is 12. The number of fused-ring (bicyclic) bond motifs is 1. The number of ether oxygens (including phenoxy) is 1. The third-order valence-electron chi connectivity index (χ3n) is 8.74. The van der Waals surface area contributed by atoms with Crippen molar-refractivity contribution in [2.24, 2.45) is 23.2 Å². The van der Waals surface area contributed by atoms with Crippen molar-refractivity contribution in [3.05, 3.63) is 25.3 Å². The summed E-state index contributed by atoms with van der Waals surface area (Å²) in [7, 11) is 0. The van der Waals surface area contributed by atoms with E-state index in [9.17, 15) is 24.0 Å².